The molecule has 0 aliphatic carbocycles. The van der Waals surface area contributed by atoms with Crippen molar-refractivity contribution in [2.45, 2.75) is 19.0 Å². The molecule has 1 rings (SSSR count). The molecule has 0 atom stereocenters. The van der Waals surface area contributed by atoms with Crippen LogP contribution in [0.4, 0.5) is 27.9 Å². The lowest BCUT2D eigenvalue weighted by Crippen LogP contribution is -2.52. The smallest absolute Gasteiger partial charge is 0.390 e. The lowest BCUT2D eigenvalue weighted by Gasteiger charge is -2.25. The van der Waals surface area contributed by atoms with Gasteiger partial charge in [-0.3, -0.25) is 4.79 Å². The second-order valence-electron chi connectivity index (χ2n) is 3.61. The van der Waals surface area contributed by atoms with Crippen LogP contribution in [0.5, 0.6) is 0 Å². The van der Waals surface area contributed by atoms with Crippen molar-refractivity contribution in [2.24, 2.45) is 0 Å². The molecule has 112 valence electrons. The van der Waals surface area contributed by atoms with Gasteiger partial charge in [-0.1, -0.05) is 4.98 Å². The van der Waals surface area contributed by atoms with Crippen LogP contribution in [0, 0.1) is 10.1 Å². The number of nitro groups is 1. The van der Waals surface area contributed by atoms with Crippen LogP contribution in [0.2, 0.25) is 0 Å². The molecular weight excluding hydrogens is 295 g/mol. The molecule has 7 nitrogen and oxygen atoms in total. The molecule has 0 N–H and O–H groups in total. The summed E-state index contributed by atoms with van der Waals surface area (Å²) in [6.07, 6.45) is -4.37. The van der Waals surface area contributed by atoms with Gasteiger partial charge in [0.2, 0.25) is 5.91 Å². The van der Waals surface area contributed by atoms with Crippen LogP contribution in [0.1, 0.15) is 6.92 Å². The molecule has 1 amide bonds. The van der Waals surface area contributed by atoms with Crippen molar-refractivity contribution in [1.82, 2.24) is 9.66 Å². The Morgan fingerprint density at radius 1 is 1.45 bits per heavy atom. The molecule has 0 aliphatic rings. The normalized spacial score (nSPS) is 12.3. The summed E-state index contributed by atoms with van der Waals surface area (Å²) in [7, 11) is 0. The standard InChI is InChI=1S/C8H7F5N4O3/c1-5(18)16(4-7(9,10)8(11,12)13)15-3-2-14-6(15)17(19)20/h2-3H,4H2,1H3. The highest BCUT2D eigenvalue weighted by molar-refractivity contribution is 5.83. The molecule has 0 aromatic carbocycles. The third kappa shape index (κ3) is 3.00. The number of alkyl halides is 5. The van der Waals surface area contributed by atoms with E-state index in [0.29, 0.717) is 6.92 Å². The SMILES string of the molecule is CC(=O)N(CC(F)(F)C(F)(F)F)n1ccnc1[N+](=O)[O-]. The van der Waals surface area contributed by atoms with Crippen LogP contribution in [0.3, 0.4) is 0 Å². The fourth-order valence-electron chi connectivity index (χ4n) is 1.23. The summed E-state index contributed by atoms with van der Waals surface area (Å²) in [5, 5.41) is 10.4. The fraction of sp³-hybridized carbons (Fsp3) is 0.500. The van der Waals surface area contributed by atoms with Gasteiger partial charge in [-0.05, 0) is 4.92 Å². The number of hydrogen-bond donors (Lipinski definition) is 0. The molecular formula is C8H7F5N4O3. The highest BCUT2D eigenvalue weighted by Crippen LogP contribution is 2.36. The van der Waals surface area contributed by atoms with Crippen LogP contribution in [0.15, 0.2) is 12.4 Å². The summed E-state index contributed by atoms with van der Waals surface area (Å²) >= 11 is 0. The minimum absolute atomic E-state index is 0.112. The molecule has 1 heterocycles. The van der Waals surface area contributed by atoms with E-state index in [4.69, 9.17) is 0 Å². The number of aromatic nitrogens is 2. The van der Waals surface area contributed by atoms with Crippen LogP contribution < -0.4 is 5.01 Å². The number of amides is 1. The topological polar surface area (TPSA) is 81.3 Å². The lowest BCUT2D eigenvalue weighted by atomic mass is 10.3. The Morgan fingerprint density at radius 3 is 2.40 bits per heavy atom. The molecule has 20 heavy (non-hydrogen) atoms. The summed E-state index contributed by atoms with van der Waals surface area (Å²) < 4.78 is 62.4. The lowest BCUT2D eigenvalue weighted by molar-refractivity contribution is -0.396. The molecule has 0 radical (unpaired) electrons. The second kappa shape index (κ2) is 5.02. The predicted molar refractivity (Wildman–Crippen MR) is 53.6 cm³/mol. The minimum Gasteiger partial charge on any atom is -0.390 e. The van der Waals surface area contributed by atoms with Crippen molar-refractivity contribution < 1.29 is 31.7 Å². The number of rotatable bonds is 4. The first-order chi connectivity index (χ1) is 8.97. The monoisotopic (exact) mass is 302 g/mol. The first-order valence-corrected chi connectivity index (χ1v) is 4.88. The number of carbonyl (C=O) groups is 1. The summed E-state index contributed by atoms with van der Waals surface area (Å²) in [5.41, 5.74) is 0. The predicted octanol–water partition coefficient (Wildman–Crippen LogP) is 1.47. The van der Waals surface area contributed by atoms with Gasteiger partial charge in [-0.2, -0.15) is 27.0 Å². The van der Waals surface area contributed by atoms with Gasteiger partial charge in [0, 0.05) is 6.92 Å². The van der Waals surface area contributed by atoms with E-state index in [2.05, 4.69) is 4.98 Å². The Bertz CT molecular complexity index is 526. The third-order valence-corrected chi connectivity index (χ3v) is 2.15. The van der Waals surface area contributed by atoms with Crippen molar-refractivity contribution in [3.8, 4) is 0 Å². The van der Waals surface area contributed by atoms with Gasteiger partial charge in [0.15, 0.2) is 0 Å². The van der Waals surface area contributed by atoms with Crippen LogP contribution in [-0.4, -0.2) is 39.1 Å². The molecule has 0 saturated carbocycles. The zero-order chi connectivity index (χ0) is 15.7. The summed E-state index contributed by atoms with van der Waals surface area (Å²) in [6.45, 7) is -1.40. The Kier molecular flexibility index (Phi) is 3.96. The van der Waals surface area contributed by atoms with Crippen molar-refractivity contribution in [1.29, 1.82) is 0 Å². The highest BCUT2D eigenvalue weighted by atomic mass is 19.4. The summed E-state index contributed by atoms with van der Waals surface area (Å²) in [6, 6.07) is 0. The zero-order valence-corrected chi connectivity index (χ0v) is 9.77. The molecule has 1 aromatic rings. The van der Waals surface area contributed by atoms with E-state index in [1.807, 2.05) is 0 Å². The molecule has 0 aliphatic heterocycles. The van der Waals surface area contributed by atoms with Gasteiger partial charge in [-0.15, -0.1) is 4.68 Å². The van der Waals surface area contributed by atoms with E-state index in [1.54, 1.807) is 0 Å². The third-order valence-electron chi connectivity index (χ3n) is 2.15. The van der Waals surface area contributed by atoms with Crippen LogP contribution in [0.25, 0.3) is 0 Å². The van der Waals surface area contributed by atoms with Gasteiger partial charge >= 0.3 is 18.0 Å². The van der Waals surface area contributed by atoms with E-state index >= 15 is 0 Å². The van der Waals surface area contributed by atoms with Crippen LogP contribution in [-0.2, 0) is 4.79 Å². The molecule has 0 saturated heterocycles. The van der Waals surface area contributed by atoms with Crippen molar-refractivity contribution >= 4 is 11.9 Å². The highest BCUT2D eigenvalue weighted by Gasteiger charge is 2.59. The molecule has 1 aromatic heterocycles. The van der Waals surface area contributed by atoms with E-state index < -0.39 is 35.4 Å². The summed E-state index contributed by atoms with van der Waals surface area (Å²) in [5.74, 6) is -7.52. The Balaban J connectivity index is 3.17. The maximum atomic E-state index is 12.9. The Hall–Kier alpha value is -2.27. The van der Waals surface area contributed by atoms with Crippen molar-refractivity contribution in [3.63, 3.8) is 0 Å². The number of carbonyl (C=O) groups excluding carboxylic acids is 1. The number of halogens is 5. The molecule has 0 spiro atoms. The van der Waals surface area contributed by atoms with E-state index in [0.717, 1.165) is 12.4 Å². The average Bonchev–Trinajstić information content (AvgIpc) is 2.72. The van der Waals surface area contributed by atoms with E-state index in [9.17, 15) is 36.9 Å². The molecule has 0 fully saturated rings. The zero-order valence-electron chi connectivity index (χ0n) is 9.77. The van der Waals surface area contributed by atoms with E-state index in [1.165, 1.54) is 0 Å². The molecule has 0 unspecified atom stereocenters. The fourth-order valence-corrected chi connectivity index (χ4v) is 1.23. The first kappa shape index (κ1) is 15.8. The maximum Gasteiger partial charge on any atom is 0.457 e. The van der Waals surface area contributed by atoms with Gasteiger partial charge < -0.3 is 10.1 Å². The van der Waals surface area contributed by atoms with Crippen LogP contribution >= 0.6 is 0 Å². The van der Waals surface area contributed by atoms with Crippen molar-refractivity contribution in [2.75, 3.05) is 11.6 Å². The average molecular weight is 302 g/mol. The first-order valence-electron chi connectivity index (χ1n) is 4.88. The van der Waals surface area contributed by atoms with Gasteiger partial charge in [0.05, 0.1) is 0 Å². The maximum absolute atomic E-state index is 12.9. The van der Waals surface area contributed by atoms with Gasteiger partial charge in [0.1, 0.15) is 18.9 Å². The number of nitrogens with zero attached hydrogens (tertiary/aromatic N) is 4. The minimum atomic E-state index is -5.89. The molecule has 0 bridgehead atoms. The van der Waals surface area contributed by atoms with Gasteiger partial charge in [-0.25, -0.2) is 0 Å². The number of hydrogen-bond acceptors (Lipinski definition) is 4. The number of imidazole rings is 1. The largest absolute Gasteiger partial charge is 0.457 e. The second-order valence-corrected chi connectivity index (χ2v) is 3.61. The molecule has 12 heteroatoms. The summed E-state index contributed by atoms with van der Waals surface area (Å²) in [4.78, 5) is 23.8. The Morgan fingerprint density at radius 2 is 2.00 bits per heavy atom. The quantitative estimate of drug-likeness (QED) is 0.479. The van der Waals surface area contributed by atoms with Gasteiger partial charge in [0.25, 0.3) is 0 Å². The van der Waals surface area contributed by atoms with E-state index in [-0.39, 0.29) is 9.69 Å². The van der Waals surface area contributed by atoms with Crippen molar-refractivity contribution in [3.05, 3.63) is 22.5 Å². The Labute approximate surface area is 107 Å².